The van der Waals surface area contributed by atoms with Gasteiger partial charge in [-0.15, -0.1) is 0 Å². The van der Waals surface area contributed by atoms with E-state index in [1.54, 1.807) is 0 Å². The number of nitrogens with one attached hydrogen (secondary N) is 1. The highest BCUT2D eigenvalue weighted by Gasteiger charge is 2.38. The molecule has 0 spiro atoms. The van der Waals surface area contributed by atoms with Crippen LogP contribution in [0.15, 0.2) is 36.5 Å². The molecule has 3 rings (SSSR count). The number of aliphatic carboxylic acids is 1. The number of aromatic nitrogens is 1. The van der Waals surface area contributed by atoms with Crippen LogP contribution in [0.25, 0.3) is 0 Å². The molecular weight excluding hydrogens is 406 g/mol. The van der Waals surface area contributed by atoms with Gasteiger partial charge in [0.1, 0.15) is 17.2 Å². The van der Waals surface area contributed by atoms with Crippen molar-refractivity contribution in [2.24, 2.45) is 0 Å². The van der Waals surface area contributed by atoms with Gasteiger partial charge in [-0.2, -0.15) is 26.3 Å². The number of pyridine rings is 1. The fourth-order valence-electron chi connectivity index (χ4n) is 2.56. The standard InChI is InChI=1S/C16H15F3N2O.C2HF3O2/c1-10-7-20-8-11-6-12(2-4-14(10)11)22-13-3-5-15(21-9-13)16(17,18)19;3-2(4,5)1(6)7/h2-6,9-10,20H,7-8H2,1H3;(H,6,7). The first kappa shape index (κ1) is 22.5. The summed E-state index contributed by atoms with van der Waals surface area (Å²) in [5, 5.41) is 10.4. The lowest BCUT2D eigenvalue weighted by atomic mass is 9.92. The van der Waals surface area contributed by atoms with Crippen molar-refractivity contribution in [1.82, 2.24) is 10.3 Å². The fraction of sp³-hybridized carbons (Fsp3) is 0.333. The van der Waals surface area contributed by atoms with Crippen LogP contribution in [0.3, 0.4) is 0 Å². The number of alkyl halides is 6. The molecule has 2 heterocycles. The Hall–Kier alpha value is -2.82. The molecule has 0 amide bonds. The first-order valence-electron chi connectivity index (χ1n) is 8.22. The molecule has 11 heteroatoms. The van der Waals surface area contributed by atoms with Crippen LogP contribution in [0.5, 0.6) is 11.5 Å². The number of ether oxygens (including phenoxy) is 1. The number of halogens is 6. The second-order valence-corrected chi connectivity index (χ2v) is 6.17. The van der Waals surface area contributed by atoms with Crippen molar-refractivity contribution in [2.45, 2.75) is 31.7 Å². The maximum absolute atomic E-state index is 12.5. The van der Waals surface area contributed by atoms with Gasteiger partial charge >= 0.3 is 18.3 Å². The summed E-state index contributed by atoms with van der Waals surface area (Å²) < 4.78 is 74.7. The number of benzene rings is 1. The molecule has 29 heavy (non-hydrogen) atoms. The van der Waals surface area contributed by atoms with Crippen LogP contribution in [0, 0.1) is 0 Å². The Balaban J connectivity index is 0.000000370. The molecule has 1 aromatic carbocycles. The highest BCUT2D eigenvalue weighted by Crippen LogP contribution is 2.31. The van der Waals surface area contributed by atoms with E-state index in [2.05, 4.69) is 17.2 Å². The molecule has 0 fully saturated rings. The summed E-state index contributed by atoms with van der Waals surface area (Å²) in [5.74, 6) is -1.45. The summed E-state index contributed by atoms with van der Waals surface area (Å²) in [4.78, 5) is 12.3. The molecule has 0 saturated heterocycles. The van der Waals surface area contributed by atoms with E-state index in [0.717, 1.165) is 30.9 Å². The number of carboxylic acids is 1. The van der Waals surface area contributed by atoms with Crippen molar-refractivity contribution >= 4 is 5.97 Å². The Morgan fingerprint density at radius 1 is 1.14 bits per heavy atom. The highest BCUT2D eigenvalue weighted by molar-refractivity contribution is 5.73. The maximum atomic E-state index is 12.5. The van der Waals surface area contributed by atoms with Crippen molar-refractivity contribution < 1.29 is 41.0 Å². The molecule has 0 radical (unpaired) electrons. The molecule has 5 nitrogen and oxygen atoms in total. The van der Waals surface area contributed by atoms with Gasteiger partial charge in [0.05, 0.1) is 6.20 Å². The lowest BCUT2D eigenvalue weighted by Gasteiger charge is -2.23. The second kappa shape index (κ2) is 8.68. The minimum atomic E-state index is -5.08. The van der Waals surface area contributed by atoms with Crippen molar-refractivity contribution in [3.8, 4) is 11.5 Å². The van der Waals surface area contributed by atoms with E-state index < -0.39 is 24.0 Å². The van der Waals surface area contributed by atoms with Gasteiger partial charge in [0.15, 0.2) is 0 Å². The van der Waals surface area contributed by atoms with Gasteiger partial charge in [-0.1, -0.05) is 13.0 Å². The molecule has 0 aliphatic carbocycles. The van der Waals surface area contributed by atoms with Gasteiger partial charge in [-0.3, -0.25) is 0 Å². The molecule has 1 unspecified atom stereocenters. The Morgan fingerprint density at radius 2 is 1.76 bits per heavy atom. The third-order valence-electron chi connectivity index (χ3n) is 3.92. The molecular formula is C18H16F6N2O3. The quantitative estimate of drug-likeness (QED) is 0.685. The largest absolute Gasteiger partial charge is 0.490 e. The van der Waals surface area contributed by atoms with Crippen molar-refractivity contribution in [2.75, 3.05) is 6.54 Å². The minimum Gasteiger partial charge on any atom is -0.475 e. The summed E-state index contributed by atoms with van der Waals surface area (Å²) >= 11 is 0. The molecule has 2 N–H and O–H groups in total. The number of carboxylic acid groups (broad SMARTS) is 1. The van der Waals surface area contributed by atoms with Crippen LogP contribution in [0.2, 0.25) is 0 Å². The SMILES string of the molecule is CC1CNCc2cc(Oc3ccc(C(F)(F)F)nc3)ccc21.O=C(O)C(F)(F)F. The first-order valence-corrected chi connectivity index (χ1v) is 8.22. The molecule has 1 aliphatic rings. The van der Waals surface area contributed by atoms with E-state index in [9.17, 15) is 26.3 Å². The zero-order chi connectivity index (χ0) is 21.8. The van der Waals surface area contributed by atoms with Crippen LogP contribution in [0.1, 0.15) is 29.7 Å². The van der Waals surface area contributed by atoms with Gasteiger partial charge in [0.2, 0.25) is 0 Å². The lowest BCUT2D eigenvalue weighted by molar-refractivity contribution is -0.192. The van der Waals surface area contributed by atoms with Gasteiger partial charge in [-0.05, 0) is 41.3 Å². The predicted molar refractivity (Wildman–Crippen MR) is 89.6 cm³/mol. The van der Waals surface area contributed by atoms with Crippen molar-refractivity contribution in [3.05, 3.63) is 53.3 Å². The number of hydrogen-bond donors (Lipinski definition) is 2. The van der Waals surface area contributed by atoms with E-state index in [0.29, 0.717) is 11.7 Å². The third-order valence-corrected chi connectivity index (χ3v) is 3.92. The zero-order valence-corrected chi connectivity index (χ0v) is 14.9. The molecule has 0 saturated carbocycles. The maximum Gasteiger partial charge on any atom is 0.490 e. The summed E-state index contributed by atoms with van der Waals surface area (Å²) in [6.07, 6.45) is -8.44. The smallest absolute Gasteiger partial charge is 0.475 e. The number of nitrogens with zero attached hydrogens (tertiary/aromatic N) is 1. The third kappa shape index (κ3) is 6.34. The van der Waals surface area contributed by atoms with Crippen LogP contribution >= 0.6 is 0 Å². The first-order chi connectivity index (χ1) is 13.4. The number of hydrogen-bond acceptors (Lipinski definition) is 4. The average Bonchev–Trinajstić information content (AvgIpc) is 2.61. The fourth-order valence-corrected chi connectivity index (χ4v) is 2.56. The number of rotatable bonds is 2. The summed E-state index contributed by atoms with van der Waals surface area (Å²) in [6, 6.07) is 7.94. The molecule has 1 aliphatic heterocycles. The van der Waals surface area contributed by atoms with Crippen molar-refractivity contribution in [1.29, 1.82) is 0 Å². The van der Waals surface area contributed by atoms with E-state index in [4.69, 9.17) is 14.6 Å². The molecule has 2 aromatic rings. The van der Waals surface area contributed by atoms with E-state index in [1.165, 1.54) is 11.6 Å². The van der Waals surface area contributed by atoms with E-state index in [1.807, 2.05) is 18.2 Å². The average molecular weight is 422 g/mol. The Bertz CT molecular complexity index is 850. The Labute approximate surface area is 161 Å². The zero-order valence-electron chi connectivity index (χ0n) is 14.9. The lowest BCUT2D eigenvalue weighted by Crippen LogP contribution is -2.26. The molecule has 158 valence electrons. The van der Waals surface area contributed by atoms with Crippen LogP contribution in [-0.2, 0) is 17.5 Å². The van der Waals surface area contributed by atoms with Gasteiger partial charge in [0.25, 0.3) is 0 Å². The van der Waals surface area contributed by atoms with Gasteiger partial charge in [0, 0.05) is 13.1 Å². The monoisotopic (exact) mass is 422 g/mol. The van der Waals surface area contributed by atoms with E-state index in [-0.39, 0.29) is 5.75 Å². The Kier molecular flexibility index (Phi) is 6.73. The molecule has 0 bridgehead atoms. The summed E-state index contributed by atoms with van der Waals surface area (Å²) in [5.41, 5.74) is 1.50. The topological polar surface area (TPSA) is 71.5 Å². The number of fused-ring (bicyclic) bond motifs is 1. The van der Waals surface area contributed by atoms with Crippen molar-refractivity contribution in [3.63, 3.8) is 0 Å². The van der Waals surface area contributed by atoms with Crippen LogP contribution in [0.4, 0.5) is 26.3 Å². The van der Waals surface area contributed by atoms with Crippen LogP contribution in [-0.4, -0.2) is 28.8 Å². The summed E-state index contributed by atoms with van der Waals surface area (Å²) in [7, 11) is 0. The highest BCUT2D eigenvalue weighted by atomic mass is 19.4. The minimum absolute atomic E-state index is 0.282. The van der Waals surface area contributed by atoms with E-state index >= 15 is 0 Å². The normalized spacial score (nSPS) is 16.3. The van der Waals surface area contributed by atoms with Gasteiger partial charge in [-0.25, -0.2) is 9.78 Å². The summed E-state index contributed by atoms with van der Waals surface area (Å²) in [6.45, 7) is 3.85. The van der Waals surface area contributed by atoms with Crippen LogP contribution < -0.4 is 10.1 Å². The molecule has 1 atom stereocenters. The second-order valence-electron chi connectivity index (χ2n) is 6.17. The predicted octanol–water partition coefficient (Wildman–Crippen LogP) is 4.73. The van der Waals surface area contributed by atoms with Gasteiger partial charge < -0.3 is 15.2 Å². The Morgan fingerprint density at radius 3 is 2.28 bits per heavy atom. The number of carbonyl (C=O) groups is 1. The molecule has 1 aromatic heterocycles.